The molecular formula is C20H14F3N3O3. The van der Waals surface area contributed by atoms with Crippen LogP contribution in [-0.4, -0.2) is 16.8 Å². The Hall–Kier alpha value is -3.69. The van der Waals surface area contributed by atoms with Gasteiger partial charge in [0.2, 0.25) is 5.91 Å². The quantitative estimate of drug-likeness (QED) is 0.721. The minimum absolute atomic E-state index is 0.0105. The van der Waals surface area contributed by atoms with Crippen LogP contribution in [0.4, 0.5) is 18.9 Å². The molecule has 2 aromatic carbocycles. The first-order valence-electron chi connectivity index (χ1n) is 8.24. The Morgan fingerprint density at radius 2 is 1.62 bits per heavy atom. The lowest BCUT2D eigenvalue weighted by molar-refractivity contribution is -0.137. The molecule has 0 radical (unpaired) electrons. The Bertz CT molecular complexity index is 972. The minimum Gasteiger partial charge on any atom is -0.388 e. The second-order valence-corrected chi connectivity index (χ2v) is 6.05. The number of carbonyl (C=O) groups excluding carboxylic acids is 2. The zero-order chi connectivity index (χ0) is 21.6. The van der Waals surface area contributed by atoms with E-state index < -0.39 is 41.9 Å². The normalized spacial score (nSPS) is 12.9. The molecule has 0 aliphatic carbocycles. The van der Waals surface area contributed by atoms with Crippen molar-refractivity contribution < 1.29 is 27.9 Å². The van der Waals surface area contributed by atoms with Gasteiger partial charge >= 0.3 is 6.18 Å². The van der Waals surface area contributed by atoms with Crippen molar-refractivity contribution in [1.29, 1.82) is 10.5 Å². The second kappa shape index (κ2) is 9.00. The highest BCUT2D eigenvalue weighted by atomic mass is 19.4. The SMILES string of the molecule is N#Cc1ccc(C(O)CC(=O)C(C#N)C(=O)Nc2ccc(C(F)(F)F)cc2)cc1. The van der Waals surface area contributed by atoms with E-state index in [4.69, 9.17) is 10.5 Å². The molecule has 2 N–H and O–H groups in total. The number of halogens is 3. The fraction of sp³-hybridized carbons (Fsp3) is 0.200. The Morgan fingerprint density at radius 1 is 1.03 bits per heavy atom. The molecule has 2 rings (SSSR count). The highest BCUT2D eigenvalue weighted by molar-refractivity contribution is 6.09. The first-order valence-corrected chi connectivity index (χ1v) is 8.24. The topological polar surface area (TPSA) is 114 Å². The third-order valence-electron chi connectivity index (χ3n) is 4.01. The smallest absolute Gasteiger partial charge is 0.388 e. The Kier molecular flexibility index (Phi) is 6.71. The van der Waals surface area contributed by atoms with Gasteiger partial charge in [0.05, 0.1) is 29.4 Å². The van der Waals surface area contributed by atoms with Crippen molar-refractivity contribution in [3.05, 3.63) is 65.2 Å². The third-order valence-corrected chi connectivity index (χ3v) is 4.01. The number of hydrogen-bond acceptors (Lipinski definition) is 5. The van der Waals surface area contributed by atoms with Crippen molar-refractivity contribution in [1.82, 2.24) is 0 Å². The molecule has 0 saturated carbocycles. The van der Waals surface area contributed by atoms with Gasteiger partial charge in [0.15, 0.2) is 11.7 Å². The Morgan fingerprint density at radius 3 is 2.10 bits per heavy atom. The van der Waals surface area contributed by atoms with Crippen molar-refractivity contribution in [2.45, 2.75) is 18.7 Å². The van der Waals surface area contributed by atoms with E-state index in [9.17, 15) is 27.9 Å². The molecule has 0 spiro atoms. The zero-order valence-corrected chi connectivity index (χ0v) is 14.8. The number of rotatable bonds is 6. The summed E-state index contributed by atoms with van der Waals surface area (Å²) in [6, 6.07) is 12.7. The lowest BCUT2D eigenvalue weighted by Crippen LogP contribution is -2.29. The number of amides is 1. The highest BCUT2D eigenvalue weighted by Gasteiger charge is 2.31. The maximum Gasteiger partial charge on any atom is 0.416 e. The van der Waals surface area contributed by atoms with Crippen LogP contribution in [0.5, 0.6) is 0 Å². The van der Waals surface area contributed by atoms with Gasteiger partial charge in [0.25, 0.3) is 0 Å². The van der Waals surface area contributed by atoms with E-state index in [1.807, 2.05) is 6.07 Å². The molecule has 0 saturated heterocycles. The van der Waals surface area contributed by atoms with Gasteiger partial charge in [-0.25, -0.2) is 0 Å². The zero-order valence-electron chi connectivity index (χ0n) is 14.8. The number of anilines is 1. The van der Waals surface area contributed by atoms with Crippen LogP contribution in [-0.2, 0) is 15.8 Å². The maximum atomic E-state index is 12.6. The predicted octanol–water partition coefficient (Wildman–Crippen LogP) is 3.35. The van der Waals surface area contributed by atoms with Crippen LogP contribution >= 0.6 is 0 Å². The van der Waals surface area contributed by atoms with Gasteiger partial charge in [-0.05, 0) is 42.0 Å². The molecular weight excluding hydrogens is 387 g/mol. The molecule has 2 atom stereocenters. The number of Topliss-reactive ketones (excluding diaryl/α,β-unsaturated/α-hetero) is 1. The lowest BCUT2D eigenvalue weighted by atomic mass is 9.96. The maximum absolute atomic E-state index is 12.6. The van der Waals surface area contributed by atoms with E-state index in [-0.39, 0.29) is 5.69 Å². The molecule has 6 nitrogen and oxygen atoms in total. The van der Waals surface area contributed by atoms with Crippen LogP contribution in [0.3, 0.4) is 0 Å². The average molecular weight is 401 g/mol. The summed E-state index contributed by atoms with van der Waals surface area (Å²) in [7, 11) is 0. The van der Waals surface area contributed by atoms with E-state index in [1.165, 1.54) is 30.3 Å². The summed E-state index contributed by atoms with van der Waals surface area (Å²) >= 11 is 0. The molecule has 0 bridgehead atoms. The minimum atomic E-state index is -4.53. The van der Waals surface area contributed by atoms with Crippen LogP contribution in [0.1, 0.15) is 29.2 Å². The molecule has 148 valence electrons. The number of alkyl halides is 3. The van der Waals surface area contributed by atoms with Crippen LogP contribution in [0.15, 0.2) is 48.5 Å². The van der Waals surface area contributed by atoms with E-state index in [0.29, 0.717) is 11.1 Å². The van der Waals surface area contributed by atoms with Crippen LogP contribution in [0, 0.1) is 28.6 Å². The van der Waals surface area contributed by atoms with Gasteiger partial charge in [-0.3, -0.25) is 9.59 Å². The first kappa shape index (κ1) is 21.6. The highest BCUT2D eigenvalue weighted by Crippen LogP contribution is 2.30. The molecule has 0 aliphatic rings. The van der Waals surface area contributed by atoms with E-state index in [1.54, 1.807) is 0 Å². The fourth-order valence-corrected chi connectivity index (χ4v) is 2.44. The molecule has 29 heavy (non-hydrogen) atoms. The number of carbonyl (C=O) groups is 2. The summed E-state index contributed by atoms with van der Waals surface area (Å²) in [4.78, 5) is 24.4. The van der Waals surface area contributed by atoms with Crippen molar-refractivity contribution in [2.75, 3.05) is 5.32 Å². The van der Waals surface area contributed by atoms with E-state index in [2.05, 4.69) is 5.32 Å². The molecule has 0 heterocycles. The van der Waals surface area contributed by atoms with Crippen molar-refractivity contribution in [2.24, 2.45) is 5.92 Å². The summed E-state index contributed by atoms with van der Waals surface area (Å²) < 4.78 is 37.7. The number of aliphatic hydroxyl groups is 1. The summed E-state index contributed by atoms with van der Waals surface area (Å²) in [5.41, 5.74) is -0.229. The number of benzene rings is 2. The average Bonchev–Trinajstić information content (AvgIpc) is 2.68. The fourth-order valence-electron chi connectivity index (χ4n) is 2.44. The second-order valence-electron chi connectivity index (χ2n) is 6.05. The summed E-state index contributed by atoms with van der Waals surface area (Å²) in [5.74, 6) is -3.61. The van der Waals surface area contributed by atoms with Crippen molar-refractivity contribution in [3.8, 4) is 12.1 Å². The van der Waals surface area contributed by atoms with E-state index >= 15 is 0 Å². The van der Waals surface area contributed by atoms with Gasteiger partial charge < -0.3 is 10.4 Å². The largest absolute Gasteiger partial charge is 0.416 e. The monoisotopic (exact) mass is 401 g/mol. The van der Waals surface area contributed by atoms with Gasteiger partial charge in [-0.1, -0.05) is 12.1 Å². The number of hydrogen-bond donors (Lipinski definition) is 2. The van der Waals surface area contributed by atoms with Gasteiger partial charge in [-0.2, -0.15) is 23.7 Å². The summed E-state index contributed by atoms with van der Waals surface area (Å²) in [5, 5.41) is 30.2. The predicted molar refractivity (Wildman–Crippen MR) is 94.9 cm³/mol. The summed E-state index contributed by atoms with van der Waals surface area (Å²) in [6.45, 7) is 0. The van der Waals surface area contributed by atoms with Crippen molar-refractivity contribution >= 4 is 17.4 Å². The lowest BCUT2D eigenvalue weighted by Gasteiger charge is -2.14. The molecule has 0 aromatic heterocycles. The van der Waals surface area contributed by atoms with E-state index in [0.717, 1.165) is 24.3 Å². The van der Waals surface area contributed by atoms with Crippen LogP contribution < -0.4 is 5.32 Å². The molecule has 0 aliphatic heterocycles. The molecule has 0 fully saturated rings. The first-order chi connectivity index (χ1) is 13.7. The number of ketones is 1. The molecule has 9 heteroatoms. The Balaban J connectivity index is 2.03. The van der Waals surface area contributed by atoms with Crippen LogP contribution in [0.2, 0.25) is 0 Å². The number of nitriles is 2. The molecule has 2 unspecified atom stereocenters. The summed E-state index contributed by atoms with van der Waals surface area (Å²) in [6.07, 6.45) is -6.34. The standard InChI is InChI=1S/C20H14F3N3O3/c21-20(22,23)14-5-7-15(8-6-14)26-19(29)16(11-25)18(28)9-17(27)13-3-1-12(10-24)2-4-13/h1-8,16-17,27H,9H2,(H,26,29). The Labute approximate surface area is 163 Å². The van der Waals surface area contributed by atoms with Gasteiger partial charge in [-0.15, -0.1) is 0 Å². The molecule has 1 amide bonds. The van der Waals surface area contributed by atoms with Crippen LogP contribution in [0.25, 0.3) is 0 Å². The third kappa shape index (κ3) is 5.64. The number of nitrogens with zero attached hydrogens (tertiary/aromatic N) is 2. The van der Waals surface area contributed by atoms with Crippen molar-refractivity contribution in [3.63, 3.8) is 0 Å². The van der Waals surface area contributed by atoms with Gasteiger partial charge in [0.1, 0.15) is 0 Å². The number of nitrogens with one attached hydrogen (secondary N) is 1. The number of aliphatic hydroxyl groups excluding tert-OH is 1. The molecule has 2 aromatic rings. The van der Waals surface area contributed by atoms with Gasteiger partial charge in [0, 0.05) is 12.1 Å².